The standard InChI is InChI=1S/C9H11ClN2O2S/c1-2-14-8(13)5-15-6-3-4-7(10)12-9(6)11/h3-4H,2,5H2,1H3,(H2,11,12). The van der Waals surface area contributed by atoms with E-state index >= 15 is 0 Å². The van der Waals surface area contributed by atoms with Crippen molar-refractivity contribution in [1.29, 1.82) is 0 Å². The highest BCUT2D eigenvalue weighted by Crippen LogP contribution is 2.24. The summed E-state index contributed by atoms with van der Waals surface area (Å²) in [6, 6.07) is 3.36. The first-order valence-electron chi connectivity index (χ1n) is 4.34. The molecule has 2 N–H and O–H groups in total. The number of nitrogens with two attached hydrogens (primary N) is 1. The van der Waals surface area contributed by atoms with Crippen molar-refractivity contribution in [3.63, 3.8) is 0 Å². The van der Waals surface area contributed by atoms with Crippen molar-refractivity contribution in [2.45, 2.75) is 11.8 Å². The first kappa shape index (κ1) is 12.1. The summed E-state index contributed by atoms with van der Waals surface area (Å²) in [6.07, 6.45) is 0. The van der Waals surface area contributed by atoms with Crippen molar-refractivity contribution >= 4 is 35.1 Å². The molecule has 0 fully saturated rings. The Balaban J connectivity index is 2.54. The van der Waals surface area contributed by atoms with Crippen LogP contribution >= 0.6 is 23.4 Å². The van der Waals surface area contributed by atoms with E-state index in [1.165, 1.54) is 11.8 Å². The molecular weight excluding hydrogens is 236 g/mol. The van der Waals surface area contributed by atoms with Crippen LogP contribution in [-0.2, 0) is 9.53 Å². The zero-order valence-corrected chi connectivity index (χ0v) is 9.77. The van der Waals surface area contributed by atoms with Gasteiger partial charge in [-0.3, -0.25) is 4.79 Å². The van der Waals surface area contributed by atoms with E-state index in [0.717, 1.165) is 4.90 Å². The summed E-state index contributed by atoms with van der Waals surface area (Å²) >= 11 is 6.92. The lowest BCUT2D eigenvalue weighted by molar-refractivity contribution is -0.139. The Morgan fingerprint density at radius 1 is 1.67 bits per heavy atom. The number of aromatic nitrogens is 1. The molecule has 4 nitrogen and oxygen atoms in total. The number of hydrogen-bond donors (Lipinski definition) is 1. The second-order valence-corrected chi connectivity index (χ2v) is 4.02. The minimum Gasteiger partial charge on any atom is -0.465 e. The summed E-state index contributed by atoms with van der Waals surface area (Å²) in [5.41, 5.74) is 5.61. The third-order valence-electron chi connectivity index (χ3n) is 1.50. The van der Waals surface area contributed by atoms with Gasteiger partial charge in [-0.2, -0.15) is 0 Å². The van der Waals surface area contributed by atoms with Crippen LogP contribution in [0.15, 0.2) is 17.0 Å². The lowest BCUT2D eigenvalue weighted by atomic mass is 10.5. The van der Waals surface area contributed by atoms with Gasteiger partial charge in [0.1, 0.15) is 11.0 Å². The van der Waals surface area contributed by atoms with Gasteiger partial charge < -0.3 is 10.5 Å². The molecule has 0 spiro atoms. The molecule has 1 aromatic rings. The number of pyridine rings is 1. The number of esters is 1. The van der Waals surface area contributed by atoms with Gasteiger partial charge in [-0.25, -0.2) is 4.98 Å². The van der Waals surface area contributed by atoms with Crippen molar-refractivity contribution < 1.29 is 9.53 Å². The van der Waals surface area contributed by atoms with E-state index in [0.29, 0.717) is 17.6 Å². The lowest BCUT2D eigenvalue weighted by Crippen LogP contribution is -2.07. The summed E-state index contributed by atoms with van der Waals surface area (Å²) in [5, 5.41) is 0.341. The average Bonchev–Trinajstić information content (AvgIpc) is 2.17. The maximum Gasteiger partial charge on any atom is 0.316 e. The fraction of sp³-hybridized carbons (Fsp3) is 0.333. The predicted molar refractivity (Wildman–Crippen MR) is 61.0 cm³/mol. The minimum atomic E-state index is -0.267. The van der Waals surface area contributed by atoms with Gasteiger partial charge in [0.05, 0.1) is 17.3 Å². The van der Waals surface area contributed by atoms with Gasteiger partial charge in [0, 0.05) is 0 Å². The van der Waals surface area contributed by atoms with Crippen LogP contribution in [-0.4, -0.2) is 23.3 Å². The molecule has 1 rings (SSSR count). The van der Waals surface area contributed by atoms with Gasteiger partial charge in [0.25, 0.3) is 0 Å². The van der Waals surface area contributed by atoms with E-state index in [9.17, 15) is 4.79 Å². The molecule has 6 heteroatoms. The van der Waals surface area contributed by atoms with Gasteiger partial charge in [-0.05, 0) is 19.1 Å². The number of carbonyl (C=O) groups excluding carboxylic acids is 1. The summed E-state index contributed by atoms with van der Waals surface area (Å²) < 4.78 is 4.78. The fourth-order valence-electron chi connectivity index (χ4n) is 0.899. The highest BCUT2D eigenvalue weighted by Gasteiger charge is 2.06. The number of hydrogen-bond acceptors (Lipinski definition) is 5. The van der Waals surface area contributed by atoms with Gasteiger partial charge >= 0.3 is 5.97 Å². The highest BCUT2D eigenvalue weighted by molar-refractivity contribution is 8.00. The van der Waals surface area contributed by atoms with Crippen LogP contribution in [0, 0.1) is 0 Å². The van der Waals surface area contributed by atoms with Crippen LogP contribution in [0.25, 0.3) is 0 Å². The van der Waals surface area contributed by atoms with Crippen LogP contribution in [0.4, 0.5) is 5.82 Å². The molecule has 0 aliphatic carbocycles. The molecule has 0 saturated carbocycles. The number of anilines is 1. The van der Waals surface area contributed by atoms with Crippen LogP contribution in [0.2, 0.25) is 5.15 Å². The maximum absolute atomic E-state index is 11.1. The molecule has 0 aliphatic rings. The molecule has 1 heterocycles. The van der Waals surface area contributed by atoms with Gasteiger partial charge in [-0.15, -0.1) is 11.8 Å². The maximum atomic E-state index is 11.1. The highest BCUT2D eigenvalue weighted by atomic mass is 35.5. The molecule has 15 heavy (non-hydrogen) atoms. The molecule has 0 bridgehead atoms. The molecule has 0 unspecified atom stereocenters. The van der Waals surface area contributed by atoms with Crippen molar-refractivity contribution in [3.05, 3.63) is 17.3 Å². The first-order valence-corrected chi connectivity index (χ1v) is 5.70. The Kier molecular flexibility index (Phi) is 4.71. The summed E-state index contributed by atoms with van der Waals surface area (Å²) in [5.74, 6) is 0.287. The van der Waals surface area contributed by atoms with E-state index in [1.807, 2.05) is 0 Å². The number of nitrogens with zero attached hydrogens (tertiary/aromatic N) is 1. The molecule has 0 aliphatic heterocycles. The number of nitrogen functional groups attached to an aromatic ring is 1. The van der Waals surface area contributed by atoms with Crippen LogP contribution in [0.1, 0.15) is 6.92 Å². The number of rotatable bonds is 4. The predicted octanol–water partition coefficient (Wildman–Crippen LogP) is 1.97. The van der Waals surface area contributed by atoms with E-state index in [2.05, 4.69) is 4.98 Å². The number of carbonyl (C=O) groups is 1. The van der Waals surface area contributed by atoms with Crippen LogP contribution in [0.5, 0.6) is 0 Å². The molecule has 82 valence electrons. The Morgan fingerprint density at radius 2 is 2.40 bits per heavy atom. The third kappa shape index (κ3) is 3.97. The Hall–Kier alpha value is -0.940. The van der Waals surface area contributed by atoms with Crippen molar-refractivity contribution in [1.82, 2.24) is 4.98 Å². The van der Waals surface area contributed by atoms with Crippen molar-refractivity contribution in [2.24, 2.45) is 0 Å². The second-order valence-electron chi connectivity index (χ2n) is 2.61. The molecular formula is C9H11ClN2O2S. The normalized spacial score (nSPS) is 10.0. The smallest absolute Gasteiger partial charge is 0.316 e. The second kappa shape index (κ2) is 5.82. The Bertz CT molecular complexity index is 360. The quantitative estimate of drug-likeness (QED) is 0.500. The van der Waals surface area contributed by atoms with Crippen molar-refractivity contribution in [2.75, 3.05) is 18.1 Å². The topological polar surface area (TPSA) is 65.2 Å². The van der Waals surface area contributed by atoms with E-state index in [4.69, 9.17) is 22.1 Å². The summed E-state index contributed by atoms with van der Waals surface area (Å²) in [7, 11) is 0. The molecule has 0 radical (unpaired) electrons. The largest absolute Gasteiger partial charge is 0.465 e. The van der Waals surface area contributed by atoms with Crippen LogP contribution in [0.3, 0.4) is 0 Å². The lowest BCUT2D eigenvalue weighted by Gasteiger charge is -2.04. The number of thioether (sulfide) groups is 1. The summed E-state index contributed by atoms with van der Waals surface area (Å²) in [6.45, 7) is 2.15. The molecule has 0 saturated heterocycles. The summed E-state index contributed by atoms with van der Waals surface area (Å²) in [4.78, 5) is 15.7. The zero-order chi connectivity index (χ0) is 11.3. The Labute approximate surface area is 97.2 Å². The molecule has 0 amide bonds. The molecule has 0 aromatic carbocycles. The number of halogens is 1. The molecule has 0 atom stereocenters. The first-order chi connectivity index (χ1) is 7.13. The Morgan fingerprint density at radius 3 is 3.00 bits per heavy atom. The van der Waals surface area contributed by atoms with Gasteiger partial charge in [0.15, 0.2) is 0 Å². The molecule has 1 aromatic heterocycles. The van der Waals surface area contributed by atoms with Crippen LogP contribution < -0.4 is 5.73 Å². The van der Waals surface area contributed by atoms with E-state index < -0.39 is 0 Å². The minimum absolute atomic E-state index is 0.224. The fourth-order valence-corrected chi connectivity index (χ4v) is 1.77. The van der Waals surface area contributed by atoms with Crippen molar-refractivity contribution in [3.8, 4) is 0 Å². The monoisotopic (exact) mass is 246 g/mol. The zero-order valence-electron chi connectivity index (χ0n) is 8.20. The van der Waals surface area contributed by atoms with Gasteiger partial charge in [-0.1, -0.05) is 11.6 Å². The van der Waals surface area contributed by atoms with Gasteiger partial charge in [0.2, 0.25) is 0 Å². The van der Waals surface area contributed by atoms with E-state index in [-0.39, 0.29) is 11.7 Å². The van der Waals surface area contributed by atoms with E-state index in [1.54, 1.807) is 19.1 Å². The third-order valence-corrected chi connectivity index (χ3v) is 2.75. The SMILES string of the molecule is CCOC(=O)CSc1ccc(Cl)nc1N. The average molecular weight is 247 g/mol. The number of ether oxygens (including phenoxy) is 1.